The Morgan fingerprint density at radius 1 is 1.00 bits per heavy atom. The zero-order chi connectivity index (χ0) is 30.6. The van der Waals surface area contributed by atoms with Crippen molar-refractivity contribution in [1.29, 1.82) is 0 Å². The third-order valence-electron chi connectivity index (χ3n) is 8.16. The first kappa shape index (κ1) is 29.3. The first-order chi connectivity index (χ1) is 20.5. The lowest BCUT2D eigenvalue weighted by Gasteiger charge is -2.31. The third kappa shape index (κ3) is 5.19. The highest BCUT2D eigenvalue weighted by Crippen LogP contribution is 2.54. The molecule has 43 heavy (non-hydrogen) atoms. The van der Waals surface area contributed by atoms with E-state index in [2.05, 4.69) is 20.8 Å². The van der Waals surface area contributed by atoms with Crippen LogP contribution in [0.15, 0.2) is 58.4 Å². The Morgan fingerprint density at radius 3 is 2.26 bits per heavy atom. The van der Waals surface area contributed by atoms with E-state index in [0.29, 0.717) is 36.2 Å². The number of rotatable bonds is 5. The molecule has 3 aromatic rings. The maximum Gasteiger partial charge on any atom is 0.308 e. The molecule has 0 saturated carbocycles. The molecule has 6 rings (SSSR count). The maximum absolute atomic E-state index is 14.1. The predicted molar refractivity (Wildman–Crippen MR) is 162 cm³/mol. The number of carbonyl (C=O) groups is 3. The van der Waals surface area contributed by atoms with Crippen molar-refractivity contribution in [3.8, 4) is 0 Å². The number of nitro groups is 1. The zero-order valence-electron chi connectivity index (χ0n) is 23.8. The Hall–Kier alpha value is -3.81. The van der Waals surface area contributed by atoms with Crippen molar-refractivity contribution in [2.24, 2.45) is 5.92 Å². The molecule has 2 saturated heterocycles. The highest BCUT2D eigenvalue weighted by atomic mass is 32.2. The quantitative estimate of drug-likeness (QED) is 0.239. The minimum absolute atomic E-state index is 0.103. The Bertz CT molecular complexity index is 1670. The zero-order valence-corrected chi connectivity index (χ0v) is 25.5. The van der Waals surface area contributed by atoms with E-state index in [1.807, 2.05) is 24.3 Å². The van der Waals surface area contributed by atoms with Crippen LogP contribution in [0.5, 0.6) is 0 Å². The van der Waals surface area contributed by atoms with Crippen LogP contribution in [-0.4, -0.2) is 63.7 Å². The monoisotopic (exact) mass is 622 g/mol. The van der Waals surface area contributed by atoms with Crippen molar-refractivity contribution in [2.75, 3.05) is 31.2 Å². The molecule has 3 aliphatic heterocycles. The summed E-state index contributed by atoms with van der Waals surface area (Å²) in [5.41, 5.74) is 1.89. The van der Waals surface area contributed by atoms with E-state index < -0.39 is 33.8 Å². The number of aromatic nitrogens is 1. The molecule has 0 bridgehead atoms. The molecule has 0 N–H and O–H groups in total. The number of thioether (sulfide) groups is 1. The van der Waals surface area contributed by atoms with Gasteiger partial charge in [0, 0.05) is 36.0 Å². The summed E-state index contributed by atoms with van der Waals surface area (Å²) in [6.07, 6.45) is 0. The number of carbonyl (C=O) groups excluding carboxylic acids is 3. The van der Waals surface area contributed by atoms with E-state index in [9.17, 15) is 29.3 Å². The number of morpholine rings is 1. The number of hydrogen-bond acceptors (Lipinski definition) is 9. The Kier molecular flexibility index (Phi) is 7.51. The summed E-state index contributed by atoms with van der Waals surface area (Å²) in [5.74, 6) is -2.49. The molecular formula is C30H30N4O7S2. The lowest BCUT2D eigenvalue weighted by Crippen LogP contribution is -2.43. The van der Waals surface area contributed by atoms with Crippen LogP contribution in [0.3, 0.4) is 0 Å². The largest absolute Gasteiger partial charge is 0.378 e. The Labute approximate surface area is 255 Å². The van der Waals surface area contributed by atoms with Crippen molar-refractivity contribution in [3.05, 3.63) is 84.3 Å². The van der Waals surface area contributed by atoms with Crippen molar-refractivity contribution >= 4 is 52.2 Å². The highest BCUT2D eigenvalue weighted by Gasteiger charge is 2.57. The van der Waals surface area contributed by atoms with Crippen LogP contribution in [0.4, 0.5) is 11.4 Å². The summed E-state index contributed by atoms with van der Waals surface area (Å²) in [6, 6.07) is 13.2. The fourth-order valence-corrected chi connectivity index (χ4v) is 8.60. The van der Waals surface area contributed by atoms with Crippen LogP contribution in [-0.2, 0) is 31.1 Å². The molecule has 2 fully saturated rings. The maximum atomic E-state index is 14.1. The standard InChI is InChI=1S/C30H30N4O7S2/c1-30(2,3)18-6-4-17(5-7-18)22-23-24(27(37)33(26(23)36)19-8-10-20(11-9-19)34(39)40)42-28-25(22)43-29(38)32(28)16-21(35)31-12-14-41-15-13-31/h4-11,22-24H,12-16H2,1-3H3/t22-,23-,24+/m0/s1. The van der Waals surface area contributed by atoms with Crippen molar-refractivity contribution in [2.45, 2.75) is 48.9 Å². The van der Waals surface area contributed by atoms with Gasteiger partial charge >= 0.3 is 4.87 Å². The van der Waals surface area contributed by atoms with Gasteiger partial charge in [-0.1, -0.05) is 68.1 Å². The second-order valence-corrected chi connectivity index (χ2v) is 13.9. The van der Waals surface area contributed by atoms with Crippen LogP contribution in [0.25, 0.3) is 0 Å². The van der Waals surface area contributed by atoms with Crippen LogP contribution < -0.4 is 9.77 Å². The van der Waals surface area contributed by atoms with Crippen molar-refractivity contribution in [1.82, 2.24) is 9.47 Å². The molecule has 3 aliphatic rings. The molecule has 2 aromatic carbocycles. The number of ether oxygens (including phenoxy) is 1. The van der Waals surface area contributed by atoms with Crippen LogP contribution in [0.1, 0.15) is 42.7 Å². The lowest BCUT2D eigenvalue weighted by molar-refractivity contribution is -0.384. The van der Waals surface area contributed by atoms with Crippen molar-refractivity contribution in [3.63, 3.8) is 0 Å². The molecule has 0 spiro atoms. The van der Waals surface area contributed by atoms with Gasteiger partial charge in [-0.15, -0.1) is 0 Å². The summed E-state index contributed by atoms with van der Waals surface area (Å²) >= 11 is 2.15. The topological polar surface area (TPSA) is 132 Å². The van der Waals surface area contributed by atoms with Crippen LogP contribution >= 0.6 is 23.1 Å². The van der Waals surface area contributed by atoms with Gasteiger partial charge in [-0.05, 0) is 28.7 Å². The minimum atomic E-state index is -0.846. The van der Waals surface area contributed by atoms with E-state index in [4.69, 9.17) is 4.74 Å². The molecule has 13 heteroatoms. The number of hydrogen-bond donors (Lipinski definition) is 0. The van der Waals surface area contributed by atoms with Gasteiger partial charge in [0.1, 0.15) is 11.8 Å². The normalized spacial score (nSPS) is 22.0. The number of benzene rings is 2. The van der Waals surface area contributed by atoms with E-state index in [1.54, 1.807) is 4.90 Å². The summed E-state index contributed by atoms with van der Waals surface area (Å²) in [6.45, 7) is 7.89. The average Bonchev–Trinajstić information content (AvgIpc) is 3.43. The molecule has 11 nitrogen and oxygen atoms in total. The Balaban J connectivity index is 1.43. The summed E-state index contributed by atoms with van der Waals surface area (Å²) in [5, 5.41) is 10.9. The van der Waals surface area contributed by atoms with E-state index >= 15 is 0 Å². The molecule has 4 heterocycles. The fourth-order valence-electron chi connectivity index (χ4n) is 5.83. The van der Waals surface area contributed by atoms with Gasteiger partial charge in [0.2, 0.25) is 17.7 Å². The van der Waals surface area contributed by atoms with Crippen molar-refractivity contribution < 1.29 is 24.0 Å². The fraction of sp³-hybridized carbons (Fsp3) is 0.400. The van der Waals surface area contributed by atoms with Gasteiger partial charge in [-0.25, -0.2) is 4.90 Å². The molecule has 3 amide bonds. The first-order valence-corrected chi connectivity index (χ1v) is 15.6. The second kappa shape index (κ2) is 11.0. The molecule has 3 atom stereocenters. The number of anilines is 1. The second-order valence-electron chi connectivity index (χ2n) is 11.8. The van der Waals surface area contributed by atoms with Gasteiger partial charge in [-0.2, -0.15) is 0 Å². The number of thiazole rings is 1. The predicted octanol–water partition coefficient (Wildman–Crippen LogP) is 3.77. The van der Waals surface area contributed by atoms with Gasteiger partial charge < -0.3 is 9.64 Å². The van der Waals surface area contributed by atoms with E-state index in [1.165, 1.54) is 28.8 Å². The molecule has 0 unspecified atom stereocenters. The molecule has 1 aromatic heterocycles. The summed E-state index contributed by atoms with van der Waals surface area (Å²) < 4.78 is 6.79. The number of nitrogens with zero attached hydrogens (tertiary/aromatic N) is 4. The summed E-state index contributed by atoms with van der Waals surface area (Å²) in [4.78, 5) is 68.3. The number of fused-ring (bicyclic) bond motifs is 2. The number of non-ortho nitro benzene ring substituents is 1. The number of imide groups is 1. The number of amides is 3. The van der Waals surface area contributed by atoms with E-state index in [0.717, 1.165) is 39.1 Å². The third-order valence-corrected chi connectivity index (χ3v) is 10.8. The van der Waals surface area contributed by atoms with Gasteiger partial charge in [0.25, 0.3) is 5.69 Å². The van der Waals surface area contributed by atoms with E-state index in [-0.39, 0.29) is 34.1 Å². The SMILES string of the molecule is CC(C)(C)c1ccc([C@@H]2c3sc(=O)n(CC(=O)N4CCOCC4)c3S[C@H]3C(=O)N(c4ccc([N+](=O)[O-])cc4)C(=O)[C@@H]23)cc1. The molecule has 0 radical (unpaired) electrons. The van der Waals surface area contributed by atoms with Gasteiger partial charge in [-0.3, -0.25) is 33.9 Å². The number of nitro benzene ring substituents is 1. The first-order valence-electron chi connectivity index (χ1n) is 13.9. The lowest BCUT2D eigenvalue weighted by atomic mass is 9.81. The van der Waals surface area contributed by atoms with Gasteiger partial charge in [0.05, 0.1) is 34.8 Å². The van der Waals surface area contributed by atoms with Gasteiger partial charge in [0.15, 0.2) is 0 Å². The van der Waals surface area contributed by atoms with Crippen LogP contribution in [0.2, 0.25) is 0 Å². The molecular weight excluding hydrogens is 592 g/mol. The molecule has 0 aliphatic carbocycles. The smallest absolute Gasteiger partial charge is 0.308 e. The average molecular weight is 623 g/mol. The Morgan fingerprint density at radius 2 is 1.65 bits per heavy atom. The molecule has 224 valence electrons. The minimum Gasteiger partial charge on any atom is -0.378 e. The highest BCUT2D eigenvalue weighted by molar-refractivity contribution is 8.00. The summed E-state index contributed by atoms with van der Waals surface area (Å²) in [7, 11) is 0. The van der Waals surface area contributed by atoms with Crippen LogP contribution in [0, 0.1) is 16.0 Å².